The Hall–Kier alpha value is -3.42. The number of amides is 2. The molecule has 0 aliphatic carbocycles. The fourth-order valence-electron chi connectivity index (χ4n) is 4.53. The van der Waals surface area contributed by atoms with Gasteiger partial charge in [0.1, 0.15) is 12.2 Å². The highest BCUT2D eigenvalue weighted by atomic mass is 16.6. The Morgan fingerprint density at radius 1 is 1.08 bits per heavy atom. The quantitative estimate of drug-likeness (QED) is 0.365. The molecule has 3 rings (SSSR count). The van der Waals surface area contributed by atoms with E-state index in [1.807, 2.05) is 76.2 Å². The summed E-state index contributed by atoms with van der Waals surface area (Å²) >= 11 is 0. The molecule has 8 heteroatoms. The molecule has 0 unspecified atom stereocenters. The van der Waals surface area contributed by atoms with Gasteiger partial charge in [0.25, 0.3) is 0 Å². The van der Waals surface area contributed by atoms with E-state index in [1.165, 1.54) is 0 Å². The topological polar surface area (TPSA) is 97.1 Å². The van der Waals surface area contributed by atoms with Crippen molar-refractivity contribution >= 4 is 23.6 Å². The summed E-state index contributed by atoms with van der Waals surface area (Å²) in [5.41, 5.74) is 9.03. The first kappa shape index (κ1) is 30.1. The van der Waals surface area contributed by atoms with Crippen LogP contribution in [0.3, 0.4) is 0 Å². The van der Waals surface area contributed by atoms with Crippen LogP contribution < -0.4 is 11.1 Å². The fourth-order valence-corrected chi connectivity index (χ4v) is 4.53. The lowest BCUT2D eigenvalue weighted by Gasteiger charge is -2.37. The van der Waals surface area contributed by atoms with Crippen molar-refractivity contribution in [1.29, 1.82) is 0 Å². The molecule has 0 saturated carbocycles. The third-order valence-electron chi connectivity index (χ3n) is 7.16. The van der Waals surface area contributed by atoms with Gasteiger partial charge in [0.2, 0.25) is 0 Å². The molecule has 2 aromatic carbocycles. The molecule has 1 aliphatic heterocycles. The van der Waals surface area contributed by atoms with Crippen LogP contribution in [-0.2, 0) is 22.6 Å². The van der Waals surface area contributed by atoms with Gasteiger partial charge in [-0.25, -0.2) is 9.59 Å². The van der Waals surface area contributed by atoms with Gasteiger partial charge in [-0.2, -0.15) is 0 Å². The van der Waals surface area contributed by atoms with E-state index in [0.29, 0.717) is 25.3 Å². The number of nitrogens with two attached hydrogens (primary N) is 1. The van der Waals surface area contributed by atoms with Crippen molar-refractivity contribution in [2.45, 2.75) is 92.1 Å². The van der Waals surface area contributed by atoms with Crippen LogP contribution >= 0.6 is 0 Å². The number of carbonyl (C=O) groups is 2. The maximum Gasteiger partial charge on any atom is 0.410 e. The zero-order valence-electron chi connectivity index (χ0n) is 24.6. The maximum atomic E-state index is 13.2. The summed E-state index contributed by atoms with van der Waals surface area (Å²) in [6, 6.07) is 15.5. The van der Waals surface area contributed by atoms with Crippen molar-refractivity contribution in [3.63, 3.8) is 0 Å². The number of anilines is 2. The Kier molecular flexibility index (Phi) is 9.75. The normalized spacial score (nSPS) is 16.5. The van der Waals surface area contributed by atoms with E-state index in [-0.39, 0.29) is 36.3 Å². The summed E-state index contributed by atoms with van der Waals surface area (Å²) in [7, 11) is 0. The predicted octanol–water partition coefficient (Wildman–Crippen LogP) is 6.65. The smallest absolute Gasteiger partial charge is 0.410 e. The van der Waals surface area contributed by atoms with Gasteiger partial charge in [-0.1, -0.05) is 57.2 Å². The fraction of sp³-hybridized carbons (Fsp3) is 0.548. The summed E-state index contributed by atoms with van der Waals surface area (Å²) in [5.74, 6) is 0. The first-order valence-corrected chi connectivity index (χ1v) is 13.8. The summed E-state index contributed by atoms with van der Waals surface area (Å²) in [5, 5.41) is 3.41. The van der Waals surface area contributed by atoms with Crippen LogP contribution in [0, 0.1) is 5.41 Å². The number of nitrogen functional groups attached to an aromatic ring is 1. The Morgan fingerprint density at radius 3 is 2.38 bits per heavy atom. The number of likely N-dealkylation sites (tertiary alicyclic amines) is 1. The summed E-state index contributed by atoms with van der Waals surface area (Å²) < 4.78 is 11.3. The molecule has 0 spiro atoms. The first-order chi connectivity index (χ1) is 18.2. The van der Waals surface area contributed by atoms with Gasteiger partial charge < -0.3 is 30.3 Å². The van der Waals surface area contributed by atoms with Crippen LogP contribution in [0.1, 0.15) is 72.4 Å². The molecule has 0 aromatic heterocycles. The number of benzene rings is 2. The van der Waals surface area contributed by atoms with E-state index in [1.54, 1.807) is 9.80 Å². The van der Waals surface area contributed by atoms with Gasteiger partial charge in [-0.05, 0) is 69.2 Å². The standard InChI is InChI=1S/C31H46N4O4/c1-22(30(2,3)4)35(28(36)38-21-23-12-9-8-10-13-23)20-24-15-16-27(26(32)18-24)33-19-25-14-11-17-34(25)29(37)39-31(5,6)7/h8-10,12-13,15-16,18,22,25,33H,11,14,17,19-21,32H2,1-7H3/t22-,25-/m0/s1. The van der Waals surface area contributed by atoms with Crippen LogP contribution in [0.2, 0.25) is 0 Å². The van der Waals surface area contributed by atoms with E-state index in [2.05, 4.69) is 26.1 Å². The van der Waals surface area contributed by atoms with Crippen molar-refractivity contribution < 1.29 is 19.1 Å². The number of ether oxygens (including phenoxy) is 2. The highest BCUT2D eigenvalue weighted by Crippen LogP contribution is 2.29. The molecule has 1 aliphatic rings. The van der Waals surface area contributed by atoms with E-state index in [9.17, 15) is 9.59 Å². The molecule has 2 atom stereocenters. The number of hydrogen-bond acceptors (Lipinski definition) is 6. The zero-order chi connectivity index (χ0) is 28.8. The molecule has 1 saturated heterocycles. The number of nitrogens with one attached hydrogen (secondary N) is 1. The molecule has 214 valence electrons. The molecular weight excluding hydrogens is 492 g/mol. The molecule has 2 amide bonds. The average Bonchev–Trinajstić information content (AvgIpc) is 3.33. The van der Waals surface area contributed by atoms with Crippen molar-refractivity contribution in [2.24, 2.45) is 5.41 Å². The van der Waals surface area contributed by atoms with Gasteiger partial charge in [0.05, 0.1) is 17.4 Å². The summed E-state index contributed by atoms with van der Waals surface area (Å²) in [6.45, 7) is 15.9. The zero-order valence-corrected chi connectivity index (χ0v) is 24.6. The van der Waals surface area contributed by atoms with Crippen LogP contribution in [0.5, 0.6) is 0 Å². The third-order valence-corrected chi connectivity index (χ3v) is 7.16. The lowest BCUT2D eigenvalue weighted by molar-refractivity contribution is 0.0235. The Morgan fingerprint density at radius 2 is 1.77 bits per heavy atom. The average molecular weight is 539 g/mol. The van der Waals surface area contributed by atoms with Crippen LogP contribution in [0.15, 0.2) is 48.5 Å². The largest absolute Gasteiger partial charge is 0.445 e. The second-order valence-corrected chi connectivity index (χ2v) is 12.5. The lowest BCUT2D eigenvalue weighted by Crippen LogP contribution is -2.45. The van der Waals surface area contributed by atoms with Gasteiger partial charge in [0.15, 0.2) is 0 Å². The molecule has 1 heterocycles. The second kappa shape index (κ2) is 12.6. The van der Waals surface area contributed by atoms with Crippen molar-refractivity contribution in [2.75, 3.05) is 24.1 Å². The highest BCUT2D eigenvalue weighted by Gasteiger charge is 2.33. The van der Waals surface area contributed by atoms with E-state index in [0.717, 1.165) is 29.7 Å². The highest BCUT2D eigenvalue weighted by molar-refractivity contribution is 5.71. The van der Waals surface area contributed by atoms with E-state index >= 15 is 0 Å². The van der Waals surface area contributed by atoms with Crippen molar-refractivity contribution in [3.05, 3.63) is 59.7 Å². The van der Waals surface area contributed by atoms with E-state index < -0.39 is 5.60 Å². The predicted molar refractivity (Wildman–Crippen MR) is 156 cm³/mol. The number of hydrogen-bond donors (Lipinski definition) is 2. The van der Waals surface area contributed by atoms with Crippen molar-refractivity contribution in [3.8, 4) is 0 Å². The Labute approximate surface area is 233 Å². The lowest BCUT2D eigenvalue weighted by atomic mass is 9.87. The van der Waals surface area contributed by atoms with Crippen LogP contribution in [0.25, 0.3) is 0 Å². The third kappa shape index (κ3) is 8.80. The van der Waals surface area contributed by atoms with Crippen LogP contribution in [0.4, 0.5) is 21.0 Å². The molecule has 3 N–H and O–H groups in total. The summed E-state index contributed by atoms with van der Waals surface area (Å²) in [6.07, 6.45) is 1.23. The molecule has 0 bridgehead atoms. The minimum Gasteiger partial charge on any atom is -0.445 e. The molecule has 8 nitrogen and oxygen atoms in total. The van der Waals surface area contributed by atoms with Crippen molar-refractivity contribution in [1.82, 2.24) is 9.80 Å². The van der Waals surface area contributed by atoms with Gasteiger partial charge in [-0.15, -0.1) is 0 Å². The van der Waals surface area contributed by atoms with Gasteiger partial charge in [-0.3, -0.25) is 0 Å². The number of nitrogens with zero attached hydrogens (tertiary/aromatic N) is 2. The molecule has 2 aromatic rings. The molecular formula is C31H46N4O4. The maximum absolute atomic E-state index is 13.2. The molecule has 1 fully saturated rings. The first-order valence-electron chi connectivity index (χ1n) is 13.8. The van der Waals surface area contributed by atoms with Crippen LogP contribution in [-0.4, -0.2) is 52.8 Å². The summed E-state index contributed by atoms with van der Waals surface area (Å²) in [4.78, 5) is 29.4. The second-order valence-electron chi connectivity index (χ2n) is 12.5. The minimum atomic E-state index is -0.524. The number of rotatable bonds is 8. The van der Waals surface area contributed by atoms with Gasteiger partial charge >= 0.3 is 12.2 Å². The SMILES string of the molecule is C[C@H](N(Cc1ccc(NC[C@@H]2CCCN2C(=O)OC(C)(C)C)c(N)c1)C(=O)OCc1ccccc1)C(C)(C)C. The van der Waals surface area contributed by atoms with E-state index in [4.69, 9.17) is 15.2 Å². The Balaban J connectivity index is 1.65. The number of carbonyl (C=O) groups excluding carboxylic acids is 2. The molecule has 0 radical (unpaired) electrons. The van der Waals surface area contributed by atoms with Gasteiger partial charge in [0, 0.05) is 25.7 Å². The minimum absolute atomic E-state index is 0.0430. The molecule has 39 heavy (non-hydrogen) atoms. The monoisotopic (exact) mass is 538 g/mol. The Bertz CT molecular complexity index is 1110.